The number of ketones is 1. The Bertz CT molecular complexity index is 755. The van der Waals surface area contributed by atoms with E-state index in [1.54, 1.807) is 18.2 Å². The molecule has 0 saturated carbocycles. The molecule has 0 aliphatic rings. The van der Waals surface area contributed by atoms with Gasteiger partial charge >= 0.3 is 5.97 Å². The average molecular weight is 339 g/mol. The zero-order valence-electron chi connectivity index (χ0n) is 14.3. The molecule has 2 rings (SSSR count). The Labute approximate surface area is 147 Å². The van der Waals surface area contributed by atoms with E-state index in [1.165, 1.54) is 6.92 Å². The maximum absolute atomic E-state index is 12.0. The van der Waals surface area contributed by atoms with Gasteiger partial charge in [0.1, 0.15) is 0 Å². The normalized spacial score (nSPS) is 11.4. The first-order valence-electron chi connectivity index (χ1n) is 8.03. The molecule has 0 radical (unpaired) electrons. The Balaban J connectivity index is 1.88. The lowest BCUT2D eigenvalue weighted by atomic mass is 10.0. The van der Waals surface area contributed by atoms with Crippen LogP contribution in [0.5, 0.6) is 0 Å². The summed E-state index contributed by atoms with van der Waals surface area (Å²) in [4.78, 5) is 35.7. The number of amides is 1. The zero-order chi connectivity index (χ0) is 18.2. The molecule has 0 aliphatic carbocycles. The molecule has 1 amide bonds. The number of carbonyl (C=O) groups excluding carboxylic acids is 3. The highest BCUT2D eigenvalue weighted by atomic mass is 16.5. The highest BCUT2D eigenvalue weighted by Crippen LogP contribution is 2.06. The van der Waals surface area contributed by atoms with E-state index in [0.29, 0.717) is 12.0 Å². The monoisotopic (exact) mass is 339 g/mol. The number of esters is 1. The summed E-state index contributed by atoms with van der Waals surface area (Å²) in [6, 6.07) is 15.7. The highest BCUT2D eigenvalue weighted by Gasteiger charge is 2.18. The van der Waals surface area contributed by atoms with Crippen LogP contribution in [0.25, 0.3) is 0 Å². The summed E-state index contributed by atoms with van der Waals surface area (Å²) in [6.07, 6.45) is 0.397. The van der Waals surface area contributed by atoms with Gasteiger partial charge in [0.25, 0.3) is 5.91 Å². The van der Waals surface area contributed by atoms with Crippen molar-refractivity contribution in [2.24, 2.45) is 0 Å². The van der Waals surface area contributed by atoms with Crippen molar-refractivity contribution in [2.75, 3.05) is 6.61 Å². The van der Waals surface area contributed by atoms with Crippen LogP contribution in [-0.4, -0.2) is 30.3 Å². The molecule has 0 unspecified atom stereocenters. The third kappa shape index (κ3) is 5.88. The number of hydrogen-bond donors (Lipinski definition) is 1. The van der Waals surface area contributed by atoms with Crippen molar-refractivity contribution in [1.29, 1.82) is 0 Å². The molecule has 0 saturated heterocycles. The fraction of sp³-hybridized carbons (Fsp3) is 0.250. The molecule has 5 heteroatoms. The average Bonchev–Trinajstić information content (AvgIpc) is 2.60. The summed E-state index contributed by atoms with van der Waals surface area (Å²) in [5.74, 6) is -1.22. The Morgan fingerprint density at radius 1 is 1.04 bits per heavy atom. The summed E-state index contributed by atoms with van der Waals surface area (Å²) in [5.41, 5.74) is 2.26. The van der Waals surface area contributed by atoms with Crippen LogP contribution in [-0.2, 0) is 20.7 Å². The molecule has 2 aromatic rings. The van der Waals surface area contributed by atoms with Gasteiger partial charge in [-0.15, -0.1) is 0 Å². The maximum atomic E-state index is 12.0. The van der Waals surface area contributed by atoms with Crippen molar-refractivity contribution in [3.8, 4) is 0 Å². The van der Waals surface area contributed by atoms with Crippen LogP contribution >= 0.6 is 0 Å². The van der Waals surface area contributed by atoms with Crippen molar-refractivity contribution >= 4 is 17.7 Å². The van der Waals surface area contributed by atoms with Crippen LogP contribution in [0.1, 0.15) is 28.4 Å². The first-order chi connectivity index (χ1) is 12.0. The predicted molar refractivity (Wildman–Crippen MR) is 94.2 cm³/mol. The number of rotatable bonds is 7. The van der Waals surface area contributed by atoms with E-state index in [0.717, 1.165) is 11.1 Å². The number of ether oxygens (including phenoxy) is 1. The third-order valence-corrected chi connectivity index (χ3v) is 3.70. The molecule has 5 nitrogen and oxygen atoms in total. The van der Waals surface area contributed by atoms with E-state index in [9.17, 15) is 14.4 Å². The van der Waals surface area contributed by atoms with E-state index < -0.39 is 24.5 Å². The molecule has 0 spiro atoms. The molecular weight excluding hydrogens is 318 g/mol. The van der Waals surface area contributed by atoms with Crippen molar-refractivity contribution < 1.29 is 19.1 Å². The molecule has 0 fully saturated rings. The smallest absolute Gasteiger partial charge is 0.338 e. The summed E-state index contributed by atoms with van der Waals surface area (Å²) in [7, 11) is 0. The number of carbonyl (C=O) groups is 3. The van der Waals surface area contributed by atoms with E-state index >= 15 is 0 Å². The molecule has 130 valence electrons. The molecule has 25 heavy (non-hydrogen) atoms. The fourth-order valence-corrected chi connectivity index (χ4v) is 2.37. The zero-order valence-corrected chi connectivity index (χ0v) is 14.3. The van der Waals surface area contributed by atoms with Crippen LogP contribution < -0.4 is 5.32 Å². The van der Waals surface area contributed by atoms with Crippen LogP contribution in [0.2, 0.25) is 0 Å². The van der Waals surface area contributed by atoms with Gasteiger partial charge in [0.15, 0.2) is 12.4 Å². The quantitative estimate of drug-likeness (QED) is 0.787. The SMILES string of the molecule is CC(=O)[C@H](Cc1ccccc1)NC(=O)COC(=O)c1cccc(C)c1. The van der Waals surface area contributed by atoms with E-state index in [4.69, 9.17) is 4.74 Å². The number of hydrogen-bond acceptors (Lipinski definition) is 4. The maximum Gasteiger partial charge on any atom is 0.338 e. The molecule has 2 aromatic carbocycles. The van der Waals surface area contributed by atoms with Gasteiger partial charge in [-0.3, -0.25) is 9.59 Å². The largest absolute Gasteiger partial charge is 0.452 e. The molecule has 1 atom stereocenters. The van der Waals surface area contributed by atoms with Gasteiger partial charge < -0.3 is 10.1 Å². The lowest BCUT2D eigenvalue weighted by Crippen LogP contribution is -2.43. The summed E-state index contributed by atoms with van der Waals surface area (Å²) < 4.78 is 5.01. The van der Waals surface area contributed by atoms with Crippen LogP contribution in [0, 0.1) is 6.92 Å². The lowest BCUT2D eigenvalue weighted by molar-refractivity contribution is -0.128. The number of nitrogens with one attached hydrogen (secondary N) is 1. The third-order valence-electron chi connectivity index (χ3n) is 3.70. The van der Waals surface area contributed by atoms with Gasteiger partial charge in [-0.05, 0) is 38.0 Å². The Kier molecular flexibility index (Phi) is 6.46. The van der Waals surface area contributed by atoms with E-state index in [1.807, 2.05) is 43.3 Å². The van der Waals surface area contributed by atoms with Gasteiger partial charge in [0, 0.05) is 0 Å². The number of aryl methyl sites for hydroxylation is 1. The second kappa shape index (κ2) is 8.78. The second-order valence-corrected chi connectivity index (χ2v) is 5.87. The standard InChI is InChI=1S/C20H21NO4/c1-14-7-6-10-17(11-14)20(24)25-13-19(23)21-18(15(2)22)12-16-8-4-3-5-9-16/h3-11,18H,12-13H2,1-2H3,(H,21,23)/t18-/m0/s1. The van der Waals surface area contributed by atoms with E-state index in [-0.39, 0.29) is 5.78 Å². The fourth-order valence-electron chi connectivity index (χ4n) is 2.37. The highest BCUT2D eigenvalue weighted by molar-refractivity contribution is 5.92. The molecular formula is C20H21NO4. The van der Waals surface area contributed by atoms with Crippen molar-refractivity contribution in [3.05, 3.63) is 71.3 Å². The minimum Gasteiger partial charge on any atom is -0.452 e. The summed E-state index contributed by atoms with van der Waals surface area (Å²) in [6.45, 7) is 2.86. The van der Waals surface area contributed by atoms with Crippen LogP contribution in [0.4, 0.5) is 0 Å². The van der Waals surface area contributed by atoms with Crippen molar-refractivity contribution in [1.82, 2.24) is 5.32 Å². The van der Waals surface area contributed by atoms with Gasteiger partial charge in [0.2, 0.25) is 0 Å². The van der Waals surface area contributed by atoms with Crippen molar-refractivity contribution in [3.63, 3.8) is 0 Å². The predicted octanol–water partition coefficient (Wildman–Crippen LogP) is 2.47. The lowest BCUT2D eigenvalue weighted by Gasteiger charge is -2.16. The Morgan fingerprint density at radius 2 is 1.76 bits per heavy atom. The van der Waals surface area contributed by atoms with Gasteiger partial charge in [-0.1, -0.05) is 48.0 Å². The van der Waals surface area contributed by atoms with Crippen LogP contribution in [0.15, 0.2) is 54.6 Å². The minimum absolute atomic E-state index is 0.151. The topological polar surface area (TPSA) is 72.5 Å². The minimum atomic E-state index is -0.646. The van der Waals surface area contributed by atoms with Crippen LogP contribution in [0.3, 0.4) is 0 Å². The first kappa shape index (κ1) is 18.4. The summed E-state index contributed by atoms with van der Waals surface area (Å²) in [5, 5.41) is 2.62. The van der Waals surface area contributed by atoms with Gasteiger partial charge in [-0.25, -0.2) is 4.79 Å². The van der Waals surface area contributed by atoms with E-state index in [2.05, 4.69) is 5.32 Å². The van der Waals surface area contributed by atoms with Gasteiger partial charge in [-0.2, -0.15) is 0 Å². The summed E-state index contributed by atoms with van der Waals surface area (Å²) >= 11 is 0. The Hall–Kier alpha value is -2.95. The molecule has 0 bridgehead atoms. The molecule has 0 aliphatic heterocycles. The number of Topliss-reactive ketones (excluding diaryl/α,β-unsaturated/α-hetero) is 1. The second-order valence-electron chi connectivity index (χ2n) is 5.87. The number of benzene rings is 2. The molecule has 0 aromatic heterocycles. The first-order valence-corrected chi connectivity index (χ1v) is 8.03. The molecule has 1 N–H and O–H groups in total. The van der Waals surface area contributed by atoms with Gasteiger partial charge in [0.05, 0.1) is 11.6 Å². The van der Waals surface area contributed by atoms with Crippen molar-refractivity contribution in [2.45, 2.75) is 26.3 Å². The molecule has 0 heterocycles. The Morgan fingerprint density at radius 3 is 2.40 bits per heavy atom.